The Morgan fingerprint density at radius 1 is 1.11 bits per heavy atom. The summed E-state index contributed by atoms with van der Waals surface area (Å²) < 4.78 is 0. The zero-order valence-electron chi connectivity index (χ0n) is 14.4. The highest BCUT2D eigenvalue weighted by Crippen LogP contribution is 2.35. The number of fused-ring (bicyclic) bond motifs is 1. The number of pyridine rings is 1. The Morgan fingerprint density at radius 2 is 1.89 bits per heavy atom. The van der Waals surface area contributed by atoms with E-state index in [2.05, 4.69) is 10.3 Å². The monoisotopic (exact) mass is 399 g/mol. The number of halogens is 2. The zero-order valence-corrected chi connectivity index (χ0v) is 15.9. The summed E-state index contributed by atoms with van der Waals surface area (Å²) in [5.74, 6) is -0.371. The van der Waals surface area contributed by atoms with Crippen LogP contribution in [-0.4, -0.2) is 21.8 Å². The van der Waals surface area contributed by atoms with Gasteiger partial charge in [-0.2, -0.15) is 0 Å². The van der Waals surface area contributed by atoms with Crippen molar-refractivity contribution in [2.24, 2.45) is 0 Å². The van der Waals surface area contributed by atoms with Gasteiger partial charge in [0.05, 0.1) is 12.1 Å². The number of rotatable bonds is 3. The molecule has 0 saturated carbocycles. The molecule has 1 fully saturated rings. The van der Waals surface area contributed by atoms with E-state index < -0.39 is 11.6 Å². The van der Waals surface area contributed by atoms with Crippen molar-refractivity contribution in [2.45, 2.75) is 19.0 Å². The van der Waals surface area contributed by atoms with Gasteiger partial charge in [-0.3, -0.25) is 14.7 Å². The van der Waals surface area contributed by atoms with Crippen molar-refractivity contribution < 1.29 is 9.59 Å². The van der Waals surface area contributed by atoms with Crippen molar-refractivity contribution in [2.75, 3.05) is 0 Å². The first kappa shape index (κ1) is 17.8. The summed E-state index contributed by atoms with van der Waals surface area (Å²) in [6.07, 6.45) is 1.69. The van der Waals surface area contributed by atoms with Gasteiger partial charge in [-0.25, -0.2) is 4.79 Å². The van der Waals surface area contributed by atoms with Crippen LogP contribution in [0.1, 0.15) is 18.1 Å². The maximum Gasteiger partial charge on any atom is 0.325 e. The molecular formula is C20H15Cl2N3O2. The van der Waals surface area contributed by atoms with E-state index in [0.29, 0.717) is 15.6 Å². The minimum Gasteiger partial charge on any atom is -0.319 e. The molecule has 1 unspecified atom stereocenters. The molecule has 1 aliphatic heterocycles. The molecule has 0 bridgehead atoms. The minimum atomic E-state index is -1.25. The van der Waals surface area contributed by atoms with Crippen molar-refractivity contribution in [1.29, 1.82) is 0 Å². The first-order valence-electron chi connectivity index (χ1n) is 8.32. The predicted molar refractivity (Wildman–Crippen MR) is 105 cm³/mol. The number of imide groups is 1. The van der Waals surface area contributed by atoms with Gasteiger partial charge >= 0.3 is 6.03 Å². The van der Waals surface area contributed by atoms with Gasteiger partial charge in [-0.15, -0.1) is 0 Å². The van der Waals surface area contributed by atoms with Crippen LogP contribution in [0.4, 0.5) is 4.79 Å². The van der Waals surface area contributed by atoms with Crippen LogP contribution in [0.2, 0.25) is 10.0 Å². The number of carbonyl (C=O) groups excluding carboxylic acids is 2. The summed E-state index contributed by atoms with van der Waals surface area (Å²) in [6.45, 7) is 1.77. The van der Waals surface area contributed by atoms with Crippen molar-refractivity contribution in [3.8, 4) is 0 Å². The van der Waals surface area contributed by atoms with Crippen LogP contribution in [0.5, 0.6) is 0 Å². The van der Waals surface area contributed by atoms with Gasteiger partial charge in [0.2, 0.25) is 0 Å². The molecule has 0 spiro atoms. The fourth-order valence-corrected chi connectivity index (χ4v) is 3.98. The molecule has 7 heteroatoms. The van der Waals surface area contributed by atoms with Gasteiger partial charge in [0.1, 0.15) is 5.54 Å². The maximum absolute atomic E-state index is 13.1. The smallest absolute Gasteiger partial charge is 0.319 e. The molecule has 2 heterocycles. The van der Waals surface area contributed by atoms with E-state index in [0.717, 1.165) is 16.5 Å². The average molecular weight is 400 g/mol. The lowest BCUT2D eigenvalue weighted by atomic mass is 9.92. The summed E-state index contributed by atoms with van der Waals surface area (Å²) in [6, 6.07) is 13.9. The molecule has 2 aromatic carbocycles. The normalized spacial score (nSPS) is 19.6. The largest absolute Gasteiger partial charge is 0.325 e. The first-order chi connectivity index (χ1) is 12.9. The van der Waals surface area contributed by atoms with Gasteiger partial charge < -0.3 is 5.32 Å². The molecule has 1 atom stereocenters. The molecular weight excluding hydrogens is 385 g/mol. The van der Waals surface area contributed by atoms with Crippen LogP contribution >= 0.6 is 23.2 Å². The van der Waals surface area contributed by atoms with Gasteiger partial charge in [0.15, 0.2) is 0 Å². The summed E-state index contributed by atoms with van der Waals surface area (Å²) in [7, 11) is 0. The SMILES string of the molecule is CC1(c2ccc(Cl)cc2Cl)NC(=O)N(Cc2cccc3cccnc23)C1=O. The number of amides is 3. The fourth-order valence-electron chi connectivity index (χ4n) is 3.38. The number of urea groups is 1. The third-order valence-electron chi connectivity index (χ3n) is 4.79. The quantitative estimate of drug-likeness (QED) is 0.659. The lowest BCUT2D eigenvalue weighted by Crippen LogP contribution is -2.41. The zero-order chi connectivity index (χ0) is 19.2. The Labute approximate surface area is 165 Å². The molecule has 5 nitrogen and oxygen atoms in total. The number of nitrogens with zero attached hydrogens (tertiary/aromatic N) is 2. The van der Waals surface area contributed by atoms with Gasteiger partial charge in [0, 0.05) is 27.2 Å². The van der Waals surface area contributed by atoms with Crippen molar-refractivity contribution >= 4 is 46.0 Å². The van der Waals surface area contributed by atoms with Crippen molar-refractivity contribution in [1.82, 2.24) is 15.2 Å². The summed E-state index contributed by atoms with van der Waals surface area (Å²) in [4.78, 5) is 31.3. The maximum atomic E-state index is 13.1. The third kappa shape index (κ3) is 2.93. The average Bonchev–Trinajstić information content (AvgIpc) is 2.85. The molecule has 0 aliphatic carbocycles. The van der Waals surface area contributed by atoms with Crippen LogP contribution in [0.25, 0.3) is 10.9 Å². The highest BCUT2D eigenvalue weighted by Gasteiger charge is 2.49. The molecule has 1 aromatic heterocycles. The highest BCUT2D eigenvalue weighted by atomic mass is 35.5. The molecule has 1 saturated heterocycles. The van der Waals surface area contributed by atoms with Crippen LogP contribution in [-0.2, 0) is 16.9 Å². The third-order valence-corrected chi connectivity index (χ3v) is 5.34. The second-order valence-corrected chi connectivity index (χ2v) is 7.41. The molecule has 3 amide bonds. The van der Waals surface area contributed by atoms with E-state index in [-0.39, 0.29) is 12.5 Å². The second-order valence-electron chi connectivity index (χ2n) is 6.56. The number of benzene rings is 2. The van der Waals surface area contributed by atoms with E-state index >= 15 is 0 Å². The number of carbonyl (C=O) groups is 2. The lowest BCUT2D eigenvalue weighted by molar-refractivity contribution is -0.131. The number of para-hydroxylation sites is 1. The molecule has 1 N–H and O–H groups in total. The van der Waals surface area contributed by atoms with Crippen LogP contribution in [0.3, 0.4) is 0 Å². The molecule has 4 rings (SSSR count). The fraction of sp³-hybridized carbons (Fsp3) is 0.150. The highest BCUT2D eigenvalue weighted by molar-refractivity contribution is 6.35. The number of nitrogens with one attached hydrogen (secondary N) is 1. The topological polar surface area (TPSA) is 62.3 Å². The number of hydrogen-bond acceptors (Lipinski definition) is 3. The van der Waals surface area contributed by atoms with Gasteiger partial charge in [-0.1, -0.05) is 53.5 Å². The van der Waals surface area contributed by atoms with E-state index in [1.54, 1.807) is 31.3 Å². The van der Waals surface area contributed by atoms with Crippen LogP contribution in [0.15, 0.2) is 54.7 Å². The van der Waals surface area contributed by atoms with Crippen molar-refractivity contribution in [3.63, 3.8) is 0 Å². The Bertz CT molecular complexity index is 1080. The van der Waals surface area contributed by atoms with Gasteiger partial charge in [-0.05, 0) is 30.7 Å². The first-order valence-corrected chi connectivity index (χ1v) is 9.08. The Balaban J connectivity index is 1.71. The van der Waals surface area contributed by atoms with Crippen molar-refractivity contribution in [3.05, 3.63) is 75.9 Å². The summed E-state index contributed by atoms with van der Waals surface area (Å²) in [5.41, 5.74) is 0.809. The van der Waals surface area contributed by atoms with Crippen LogP contribution in [0, 0.1) is 0 Å². The summed E-state index contributed by atoms with van der Waals surface area (Å²) in [5, 5.41) is 4.50. The lowest BCUT2D eigenvalue weighted by Gasteiger charge is -2.23. The van der Waals surface area contributed by atoms with Crippen LogP contribution < -0.4 is 5.32 Å². The Hall–Kier alpha value is -2.63. The standard InChI is InChI=1S/C20H15Cl2N3O2/c1-20(15-8-7-14(21)10-16(15)22)18(26)25(19(27)24-20)11-13-5-2-4-12-6-3-9-23-17(12)13/h2-10H,11H2,1H3,(H,24,27). The molecule has 1 aliphatic rings. The van der Waals surface area contributed by atoms with E-state index in [1.807, 2.05) is 30.3 Å². The molecule has 27 heavy (non-hydrogen) atoms. The Morgan fingerprint density at radius 3 is 2.67 bits per heavy atom. The second kappa shape index (κ2) is 6.51. The summed E-state index contributed by atoms with van der Waals surface area (Å²) >= 11 is 12.2. The number of hydrogen-bond donors (Lipinski definition) is 1. The van der Waals surface area contributed by atoms with E-state index in [9.17, 15) is 9.59 Å². The minimum absolute atomic E-state index is 0.125. The molecule has 136 valence electrons. The van der Waals surface area contributed by atoms with Gasteiger partial charge in [0.25, 0.3) is 5.91 Å². The molecule has 3 aromatic rings. The molecule has 0 radical (unpaired) electrons. The van der Waals surface area contributed by atoms with E-state index in [1.165, 1.54) is 4.90 Å². The Kier molecular flexibility index (Phi) is 4.29. The van der Waals surface area contributed by atoms with E-state index in [4.69, 9.17) is 23.2 Å². The predicted octanol–water partition coefficient (Wildman–Crippen LogP) is 4.51. The number of aromatic nitrogens is 1.